The lowest BCUT2D eigenvalue weighted by Gasteiger charge is -2.33. The topological polar surface area (TPSA) is 58.6 Å². The molecule has 1 atom stereocenters. The quantitative estimate of drug-likeness (QED) is 0.641. The van der Waals surface area contributed by atoms with Crippen molar-refractivity contribution in [1.82, 2.24) is 10.2 Å². The fraction of sp³-hybridized carbons (Fsp3) is 0.462. The zero-order valence-corrected chi connectivity index (χ0v) is 18.7. The molecule has 2 amide bonds. The van der Waals surface area contributed by atoms with Crippen LogP contribution in [-0.2, 0) is 16.1 Å². The van der Waals surface area contributed by atoms with Gasteiger partial charge in [-0.25, -0.2) is 0 Å². The van der Waals surface area contributed by atoms with Crippen molar-refractivity contribution in [2.45, 2.75) is 71.0 Å². The molecule has 0 unspecified atom stereocenters. The van der Waals surface area contributed by atoms with Gasteiger partial charge in [0.2, 0.25) is 5.91 Å². The number of benzene rings is 2. The van der Waals surface area contributed by atoms with Crippen molar-refractivity contribution in [3.05, 3.63) is 65.7 Å². The van der Waals surface area contributed by atoms with Crippen molar-refractivity contribution in [2.75, 3.05) is 6.61 Å². The van der Waals surface area contributed by atoms with Gasteiger partial charge in [-0.3, -0.25) is 9.59 Å². The molecule has 2 aromatic carbocycles. The van der Waals surface area contributed by atoms with E-state index in [-0.39, 0.29) is 24.5 Å². The first kappa shape index (κ1) is 22.9. The van der Waals surface area contributed by atoms with Gasteiger partial charge < -0.3 is 15.0 Å². The molecular weight excluding hydrogens is 388 g/mol. The normalized spacial score (nSPS) is 15.2. The van der Waals surface area contributed by atoms with Crippen molar-refractivity contribution in [3.63, 3.8) is 0 Å². The summed E-state index contributed by atoms with van der Waals surface area (Å²) >= 11 is 0. The third-order valence-corrected chi connectivity index (χ3v) is 6.04. The summed E-state index contributed by atoms with van der Waals surface area (Å²) in [7, 11) is 0. The lowest BCUT2D eigenvalue weighted by Crippen LogP contribution is -2.52. The van der Waals surface area contributed by atoms with Gasteiger partial charge in [-0.1, -0.05) is 68.7 Å². The Morgan fingerprint density at radius 2 is 1.71 bits per heavy atom. The first-order chi connectivity index (χ1) is 15.1. The summed E-state index contributed by atoms with van der Waals surface area (Å²) in [6.45, 7) is 4.28. The summed E-state index contributed by atoms with van der Waals surface area (Å²) in [6, 6.07) is 17.0. The SMILES string of the molecule is CC[C@@H](C(=O)NC1CCCCC1)N(Cc1ccccc1C)C(=O)COc1ccccc1. The average Bonchev–Trinajstić information content (AvgIpc) is 2.80. The van der Waals surface area contributed by atoms with Crippen molar-refractivity contribution in [1.29, 1.82) is 0 Å². The second kappa shape index (κ2) is 11.5. The summed E-state index contributed by atoms with van der Waals surface area (Å²) in [5.74, 6) is 0.403. The van der Waals surface area contributed by atoms with Crippen LogP contribution in [0.3, 0.4) is 0 Å². The standard InChI is InChI=1S/C26H34N2O3/c1-3-24(26(30)27-22-14-6-4-7-15-22)28(18-21-13-11-10-12-20(21)2)25(29)19-31-23-16-8-5-9-17-23/h5,8-13,16-17,22,24H,3-4,6-7,14-15,18-19H2,1-2H3,(H,27,30)/t24-/m0/s1. The molecule has 1 N–H and O–H groups in total. The number of amides is 2. The second-order valence-corrected chi connectivity index (χ2v) is 8.32. The molecule has 5 heteroatoms. The summed E-state index contributed by atoms with van der Waals surface area (Å²) in [5.41, 5.74) is 2.14. The second-order valence-electron chi connectivity index (χ2n) is 8.32. The molecule has 0 saturated heterocycles. The Kier molecular flexibility index (Phi) is 8.51. The van der Waals surface area contributed by atoms with Crippen LogP contribution in [0.4, 0.5) is 0 Å². The maximum atomic E-state index is 13.3. The molecule has 0 aromatic heterocycles. The van der Waals surface area contributed by atoms with E-state index in [0.717, 1.165) is 36.8 Å². The smallest absolute Gasteiger partial charge is 0.261 e. The Morgan fingerprint density at radius 1 is 1.03 bits per heavy atom. The van der Waals surface area contributed by atoms with Crippen molar-refractivity contribution in [3.8, 4) is 5.75 Å². The number of carbonyl (C=O) groups excluding carboxylic acids is 2. The number of ether oxygens (including phenoxy) is 1. The summed E-state index contributed by atoms with van der Waals surface area (Å²) in [5, 5.41) is 3.21. The Balaban J connectivity index is 1.75. The molecule has 1 aliphatic rings. The van der Waals surface area contributed by atoms with E-state index in [2.05, 4.69) is 5.32 Å². The van der Waals surface area contributed by atoms with Crippen molar-refractivity contribution in [2.24, 2.45) is 0 Å². The van der Waals surface area contributed by atoms with E-state index in [1.165, 1.54) is 6.42 Å². The molecule has 1 saturated carbocycles. The van der Waals surface area contributed by atoms with Crippen LogP contribution >= 0.6 is 0 Å². The number of nitrogens with one attached hydrogen (secondary N) is 1. The summed E-state index contributed by atoms with van der Waals surface area (Å²) in [6.07, 6.45) is 6.13. The van der Waals surface area contributed by atoms with E-state index < -0.39 is 6.04 Å². The molecule has 0 bridgehead atoms. The van der Waals surface area contributed by atoms with Crippen LogP contribution < -0.4 is 10.1 Å². The molecule has 0 radical (unpaired) electrons. The van der Waals surface area contributed by atoms with Gasteiger partial charge in [0.1, 0.15) is 11.8 Å². The van der Waals surface area contributed by atoms with Gasteiger partial charge in [-0.15, -0.1) is 0 Å². The molecule has 1 fully saturated rings. The van der Waals surface area contributed by atoms with Crippen molar-refractivity contribution >= 4 is 11.8 Å². The molecule has 31 heavy (non-hydrogen) atoms. The van der Waals surface area contributed by atoms with E-state index in [1.807, 2.05) is 68.4 Å². The van der Waals surface area contributed by atoms with Gasteiger partial charge in [-0.2, -0.15) is 0 Å². The molecule has 0 spiro atoms. The predicted molar refractivity (Wildman–Crippen MR) is 123 cm³/mol. The Labute approximate surface area is 185 Å². The summed E-state index contributed by atoms with van der Waals surface area (Å²) < 4.78 is 5.72. The average molecular weight is 423 g/mol. The van der Waals surface area contributed by atoms with Gasteiger partial charge >= 0.3 is 0 Å². The highest BCUT2D eigenvalue weighted by molar-refractivity contribution is 5.88. The van der Waals surface area contributed by atoms with Crippen LogP contribution in [0, 0.1) is 6.92 Å². The number of aryl methyl sites for hydroxylation is 1. The van der Waals surface area contributed by atoms with E-state index in [0.29, 0.717) is 18.7 Å². The van der Waals surface area contributed by atoms with Crippen LogP contribution in [0.2, 0.25) is 0 Å². The highest BCUT2D eigenvalue weighted by atomic mass is 16.5. The first-order valence-corrected chi connectivity index (χ1v) is 11.4. The number of para-hydroxylation sites is 1. The monoisotopic (exact) mass is 422 g/mol. The number of hydrogen-bond acceptors (Lipinski definition) is 3. The minimum atomic E-state index is -0.520. The van der Waals surface area contributed by atoms with Crippen LogP contribution in [0.25, 0.3) is 0 Å². The first-order valence-electron chi connectivity index (χ1n) is 11.4. The fourth-order valence-electron chi connectivity index (χ4n) is 4.18. The minimum Gasteiger partial charge on any atom is -0.484 e. The maximum Gasteiger partial charge on any atom is 0.261 e. The van der Waals surface area contributed by atoms with Gasteiger partial charge in [0.05, 0.1) is 0 Å². The van der Waals surface area contributed by atoms with Crippen LogP contribution in [0.5, 0.6) is 5.75 Å². The number of rotatable bonds is 9. The lowest BCUT2D eigenvalue weighted by atomic mass is 9.95. The zero-order valence-electron chi connectivity index (χ0n) is 18.7. The molecule has 3 rings (SSSR count). The molecule has 166 valence electrons. The lowest BCUT2D eigenvalue weighted by molar-refractivity contribution is -0.143. The largest absolute Gasteiger partial charge is 0.484 e. The van der Waals surface area contributed by atoms with Crippen molar-refractivity contribution < 1.29 is 14.3 Å². The number of hydrogen-bond donors (Lipinski definition) is 1. The van der Waals surface area contributed by atoms with Gasteiger partial charge in [0, 0.05) is 12.6 Å². The Bertz CT molecular complexity index is 847. The Morgan fingerprint density at radius 3 is 2.39 bits per heavy atom. The molecule has 1 aliphatic carbocycles. The van der Waals surface area contributed by atoms with Crippen LogP contribution in [-0.4, -0.2) is 35.4 Å². The number of nitrogens with zero attached hydrogens (tertiary/aromatic N) is 1. The predicted octanol–water partition coefficient (Wildman–Crippen LogP) is 4.63. The third-order valence-electron chi connectivity index (χ3n) is 6.04. The molecule has 2 aromatic rings. The van der Waals surface area contributed by atoms with E-state index in [9.17, 15) is 9.59 Å². The number of carbonyl (C=O) groups is 2. The van der Waals surface area contributed by atoms with Gasteiger partial charge in [0.25, 0.3) is 5.91 Å². The minimum absolute atomic E-state index is 0.0592. The molecule has 0 heterocycles. The van der Waals surface area contributed by atoms with E-state index in [4.69, 9.17) is 4.74 Å². The van der Waals surface area contributed by atoms with E-state index >= 15 is 0 Å². The molecule has 0 aliphatic heterocycles. The fourth-order valence-corrected chi connectivity index (χ4v) is 4.18. The Hall–Kier alpha value is -2.82. The van der Waals surface area contributed by atoms with E-state index in [1.54, 1.807) is 4.90 Å². The highest BCUT2D eigenvalue weighted by Gasteiger charge is 2.30. The summed E-state index contributed by atoms with van der Waals surface area (Å²) in [4.78, 5) is 28.1. The van der Waals surface area contributed by atoms with Crippen LogP contribution in [0.15, 0.2) is 54.6 Å². The van der Waals surface area contributed by atoms with Gasteiger partial charge in [0.15, 0.2) is 6.61 Å². The highest BCUT2D eigenvalue weighted by Crippen LogP contribution is 2.20. The molecule has 5 nitrogen and oxygen atoms in total. The molecular formula is C26H34N2O3. The zero-order chi connectivity index (χ0) is 22.1. The van der Waals surface area contributed by atoms with Crippen LogP contribution in [0.1, 0.15) is 56.6 Å². The third kappa shape index (κ3) is 6.58. The maximum absolute atomic E-state index is 13.3. The van der Waals surface area contributed by atoms with Gasteiger partial charge in [-0.05, 0) is 49.4 Å².